The Hall–Kier alpha value is 1.28. The van der Waals surface area contributed by atoms with Gasteiger partial charge in [0.2, 0.25) is 0 Å². The standard InChI is InChI=1S/C7H13BrO.C7H13ClO.C6H10Br2O.C6H11BrO.C6H10Cl2O.C6H11ClO/c2*1-3-5-9-6-4-7(2)8;1-2-4-9-5-3-6(7)8;1-2-5-8-6-3-4-7;1-2-4-9-5-3-6(7)8;1-2-5-8-6-3-4-7/h2*4H,3,5-6H2,1-2H3;3H,2,4-5H2,1H3;3-4H,2,5-6H2,1H3;3H,2,4-5H2,1H3;3-4H,2,5-6H2,1H3/b2*7-4+;;4-3+;;4-3+. The second-order valence-corrected chi connectivity index (χ2v) is 16.2. The van der Waals surface area contributed by atoms with Crippen LogP contribution in [0.2, 0.25) is 0 Å². The van der Waals surface area contributed by atoms with E-state index in [2.05, 4.69) is 98.3 Å². The number of ether oxygens (including phenoxy) is 6. The normalized spacial score (nSPS) is 10.7. The predicted molar refractivity (Wildman–Crippen MR) is 248 cm³/mol. The lowest BCUT2D eigenvalue weighted by Gasteiger charge is -1.95. The molecule has 0 rings (SSSR count). The second kappa shape index (κ2) is 67.1. The van der Waals surface area contributed by atoms with Gasteiger partial charge in [-0.25, -0.2) is 0 Å². The molecule has 0 N–H and O–H groups in total. The quantitative estimate of drug-likeness (QED) is 0.0898. The van der Waals surface area contributed by atoms with Crippen LogP contribution in [0.5, 0.6) is 0 Å². The van der Waals surface area contributed by atoms with Crippen LogP contribution < -0.4 is 0 Å². The molecule has 0 aromatic heterocycles. The number of allylic oxidation sites excluding steroid dienone is 2. The molecule has 52 heavy (non-hydrogen) atoms. The van der Waals surface area contributed by atoms with Gasteiger partial charge in [-0.2, -0.15) is 0 Å². The molecule has 0 aliphatic heterocycles. The molecular formula is C38H68Br4Cl4O6. The molecule has 312 valence electrons. The number of hydrogen-bond acceptors (Lipinski definition) is 6. The van der Waals surface area contributed by atoms with Crippen molar-refractivity contribution in [2.75, 3.05) is 79.3 Å². The van der Waals surface area contributed by atoms with Gasteiger partial charge in [0.05, 0.1) is 43.0 Å². The van der Waals surface area contributed by atoms with Crippen molar-refractivity contribution in [3.05, 3.63) is 64.4 Å². The smallest absolute Gasteiger partial charge is 0.105 e. The van der Waals surface area contributed by atoms with Gasteiger partial charge in [-0.3, -0.25) is 0 Å². The molecule has 0 aliphatic carbocycles. The van der Waals surface area contributed by atoms with Crippen molar-refractivity contribution >= 4 is 110 Å². The van der Waals surface area contributed by atoms with E-state index in [1.54, 1.807) is 12.2 Å². The van der Waals surface area contributed by atoms with E-state index in [1.807, 2.05) is 50.1 Å². The fourth-order valence-corrected chi connectivity index (χ4v) is 2.98. The topological polar surface area (TPSA) is 55.4 Å². The molecule has 6 nitrogen and oxygen atoms in total. The molecule has 0 saturated carbocycles. The van der Waals surface area contributed by atoms with E-state index in [0.29, 0.717) is 26.4 Å². The van der Waals surface area contributed by atoms with E-state index >= 15 is 0 Å². The zero-order chi connectivity index (χ0) is 40.9. The second-order valence-electron chi connectivity index (χ2n) is 9.74. The fraction of sp³-hybridized carbons (Fsp3) is 0.684. The summed E-state index contributed by atoms with van der Waals surface area (Å²) in [6.45, 7) is 25.2. The summed E-state index contributed by atoms with van der Waals surface area (Å²) in [4.78, 5) is 1.81. The SMILES string of the molecule is CCCOC/C=C(\C)Br.CCCOC/C=C(\C)Cl.CCCOC/C=C/Br.CCCOC/C=C/Cl.CCCOCC=C(Br)Br.CCCOCC=C(Cl)Cl. The van der Waals surface area contributed by atoms with Crippen molar-refractivity contribution in [1.29, 1.82) is 0 Å². The van der Waals surface area contributed by atoms with Crippen LogP contribution in [0.3, 0.4) is 0 Å². The number of halogens is 8. The van der Waals surface area contributed by atoms with Crippen LogP contribution in [0, 0.1) is 0 Å². The summed E-state index contributed by atoms with van der Waals surface area (Å²) >= 11 is 34.3. The minimum atomic E-state index is 0.270. The Kier molecular flexibility index (Phi) is 84.0. The van der Waals surface area contributed by atoms with Crippen LogP contribution in [0.25, 0.3) is 0 Å². The van der Waals surface area contributed by atoms with Gasteiger partial charge in [0.15, 0.2) is 0 Å². The average Bonchev–Trinajstić information content (AvgIpc) is 3.10. The Labute approximate surface area is 372 Å². The molecule has 0 aromatic carbocycles. The first-order chi connectivity index (χ1) is 24.9. The molecule has 0 radical (unpaired) electrons. The fourth-order valence-electron chi connectivity index (χ4n) is 2.17. The largest absolute Gasteiger partial charge is 0.377 e. The van der Waals surface area contributed by atoms with Crippen molar-refractivity contribution in [2.45, 2.75) is 93.9 Å². The van der Waals surface area contributed by atoms with E-state index in [0.717, 1.165) is 104 Å². The molecule has 0 spiro atoms. The summed E-state index contributed by atoms with van der Waals surface area (Å²) in [6, 6.07) is 0. The maximum Gasteiger partial charge on any atom is 0.105 e. The highest BCUT2D eigenvalue weighted by Crippen LogP contribution is 2.11. The van der Waals surface area contributed by atoms with Gasteiger partial charge in [0, 0.05) is 50.2 Å². The highest BCUT2D eigenvalue weighted by atomic mass is 79.9. The van der Waals surface area contributed by atoms with E-state index < -0.39 is 0 Å². The zero-order valence-corrected chi connectivity index (χ0v) is 42.2. The lowest BCUT2D eigenvalue weighted by molar-refractivity contribution is 0.163. The predicted octanol–water partition coefficient (Wildman–Crippen LogP) is 15.5. The van der Waals surface area contributed by atoms with Crippen molar-refractivity contribution in [3.8, 4) is 0 Å². The molecule has 0 saturated heterocycles. The first-order valence-electron chi connectivity index (χ1n) is 17.5. The molecule has 0 aromatic rings. The Bertz CT molecular complexity index is 701. The van der Waals surface area contributed by atoms with Gasteiger partial charge in [-0.1, -0.05) is 126 Å². The minimum absolute atomic E-state index is 0.270. The Morgan fingerprint density at radius 2 is 0.808 bits per heavy atom. The summed E-state index contributed by atoms with van der Waals surface area (Å²) in [6.07, 6.45) is 17.5. The van der Waals surface area contributed by atoms with Crippen LogP contribution in [-0.4, -0.2) is 79.3 Å². The monoisotopic (exact) mass is 1080 g/mol. The van der Waals surface area contributed by atoms with E-state index in [9.17, 15) is 0 Å². The van der Waals surface area contributed by atoms with Crippen LogP contribution in [0.15, 0.2) is 64.4 Å². The summed E-state index contributed by atoms with van der Waals surface area (Å²) < 4.78 is 33.0. The first kappa shape index (κ1) is 65.1. The van der Waals surface area contributed by atoms with Crippen LogP contribution in [-0.2, 0) is 28.4 Å². The van der Waals surface area contributed by atoms with E-state index in [1.165, 1.54) is 5.54 Å². The van der Waals surface area contributed by atoms with E-state index in [4.69, 9.17) is 74.8 Å². The van der Waals surface area contributed by atoms with Gasteiger partial charge < -0.3 is 28.4 Å². The molecule has 14 heteroatoms. The Morgan fingerprint density at radius 1 is 0.481 bits per heavy atom. The highest BCUT2D eigenvalue weighted by Gasteiger charge is 1.84. The average molecular weight is 1080 g/mol. The summed E-state index contributed by atoms with van der Waals surface area (Å²) in [7, 11) is 0. The molecule has 0 aliphatic rings. The van der Waals surface area contributed by atoms with Gasteiger partial charge in [0.25, 0.3) is 0 Å². The van der Waals surface area contributed by atoms with Crippen molar-refractivity contribution in [2.24, 2.45) is 0 Å². The summed E-state index contributed by atoms with van der Waals surface area (Å²) in [5.74, 6) is 0. The summed E-state index contributed by atoms with van der Waals surface area (Å²) in [5, 5.41) is 0.797. The van der Waals surface area contributed by atoms with E-state index in [-0.39, 0.29) is 4.49 Å². The van der Waals surface area contributed by atoms with Crippen LogP contribution in [0.1, 0.15) is 93.9 Å². The zero-order valence-electron chi connectivity index (χ0n) is 32.8. The lowest BCUT2D eigenvalue weighted by atomic mass is 10.5. The number of rotatable bonds is 24. The Morgan fingerprint density at radius 3 is 1.10 bits per heavy atom. The van der Waals surface area contributed by atoms with Gasteiger partial charge in [-0.15, -0.1) is 0 Å². The van der Waals surface area contributed by atoms with Crippen molar-refractivity contribution in [1.82, 2.24) is 0 Å². The van der Waals surface area contributed by atoms with Gasteiger partial charge in [-0.05, 0) is 124 Å². The highest BCUT2D eigenvalue weighted by molar-refractivity contribution is 9.28. The molecule has 0 unspecified atom stereocenters. The maximum absolute atomic E-state index is 5.54. The van der Waals surface area contributed by atoms with Crippen molar-refractivity contribution < 1.29 is 28.4 Å². The number of hydrogen-bond donors (Lipinski definition) is 0. The molecule has 0 amide bonds. The molecule has 0 fully saturated rings. The Balaban J connectivity index is -0.000000122. The van der Waals surface area contributed by atoms with Crippen LogP contribution in [0.4, 0.5) is 0 Å². The third-order valence-corrected chi connectivity index (χ3v) is 6.36. The molecule has 0 bridgehead atoms. The minimum Gasteiger partial charge on any atom is -0.377 e. The molecule has 0 atom stereocenters. The molecular weight excluding hydrogens is 1010 g/mol. The third-order valence-electron chi connectivity index (χ3n) is 4.37. The molecule has 0 heterocycles. The third kappa shape index (κ3) is 104. The lowest BCUT2D eigenvalue weighted by Crippen LogP contribution is -1.91. The van der Waals surface area contributed by atoms with Gasteiger partial charge >= 0.3 is 0 Å². The van der Waals surface area contributed by atoms with Crippen molar-refractivity contribution in [3.63, 3.8) is 0 Å². The van der Waals surface area contributed by atoms with Crippen LogP contribution >= 0.6 is 110 Å². The summed E-state index contributed by atoms with van der Waals surface area (Å²) in [5.41, 5.74) is 1.47. The maximum atomic E-state index is 5.54. The first-order valence-corrected chi connectivity index (χ1v) is 22.4. The van der Waals surface area contributed by atoms with Gasteiger partial charge in [0.1, 0.15) is 4.49 Å².